The molecule has 1 saturated heterocycles. The number of thiazole rings is 1. The van der Waals surface area contributed by atoms with Gasteiger partial charge in [-0.25, -0.2) is 9.37 Å². The maximum absolute atomic E-state index is 13.2. The zero-order chi connectivity index (χ0) is 22.9. The first-order valence-corrected chi connectivity index (χ1v) is 11.7. The Balaban J connectivity index is 1.28. The van der Waals surface area contributed by atoms with Crippen LogP contribution in [0.25, 0.3) is 21.1 Å². The van der Waals surface area contributed by atoms with Crippen LogP contribution < -0.4 is 4.90 Å². The zero-order valence-corrected chi connectivity index (χ0v) is 19.3. The maximum atomic E-state index is 13.2. The summed E-state index contributed by atoms with van der Waals surface area (Å²) in [5.74, 6) is -0.332. The lowest BCUT2D eigenvalue weighted by Crippen LogP contribution is -2.48. The van der Waals surface area contributed by atoms with Gasteiger partial charge in [-0.3, -0.25) is 9.89 Å². The summed E-state index contributed by atoms with van der Waals surface area (Å²) in [5.41, 5.74) is 5.38. The quantitative estimate of drug-likeness (QED) is 0.469. The van der Waals surface area contributed by atoms with Gasteiger partial charge in [-0.2, -0.15) is 5.10 Å². The van der Waals surface area contributed by atoms with E-state index in [1.807, 2.05) is 17.9 Å². The molecular formula is C25H24FN5OS. The maximum Gasteiger partial charge on any atom is 0.274 e. The van der Waals surface area contributed by atoms with Gasteiger partial charge in [0.15, 0.2) is 5.69 Å². The van der Waals surface area contributed by atoms with Crippen LogP contribution >= 0.6 is 11.3 Å². The number of nitrogens with one attached hydrogen (secondary N) is 1. The average molecular weight is 462 g/mol. The van der Waals surface area contributed by atoms with Crippen LogP contribution in [0.15, 0.2) is 54.6 Å². The monoisotopic (exact) mass is 461 g/mol. The Morgan fingerprint density at radius 1 is 1.00 bits per heavy atom. The van der Waals surface area contributed by atoms with Gasteiger partial charge in [0.1, 0.15) is 10.8 Å². The van der Waals surface area contributed by atoms with Crippen molar-refractivity contribution >= 4 is 22.9 Å². The van der Waals surface area contributed by atoms with Crippen LogP contribution in [0.2, 0.25) is 0 Å². The van der Waals surface area contributed by atoms with E-state index in [1.165, 1.54) is 17.7 Å². The van der Waals surface area contributed by atoms with Crippen molar-refractivity contribution in [1.29, 1.82) is 0 Å². The third-order valence-corrected chi connectivity index (χ3v) is 7.14. The molecule has 33 heavy (non-hydrogen) atoms. The summed E-state index contributed by atoms with van der Waals surface area (Å²) in [6.45, 7) is 6.62. The molecule has 6 nitrogen and oxygen atoms in total. The second-order valence-electron chi connectivity index (χ2n) is 8.22. The lowest BCUT2D eigenvalue weighted by Gasteiger charge is -2.35. The van der Waals surface area contributed by atoms with Gasteiger partial charge >= 0.3 is 0 Å². The highest BCUT2D eigenvalue weighted by molar-refractivity contribution is 7.18. The first kappa shape index (κ1) is 21.3. The van der Waals surface area contributed by atoms with Crippen LogP contribution in [0.3, 0.4) is 0 Å². The molecule has 1 fully saturated rings. The van der Waals surface area contributed by atoms with Crippen LogP contribution in [0.1, 0.15) is 21.7 Å². The summed E-state index contributed by atoms with van der Waals surface area (Å²) in [6, 6.07) is 16.6. The number of aryl methyl sites for hydroxylation is 2. The van der Waals surface area contributed by atoms with E-state index in [0.717, 1.165) is 32.5 Å². The fourth-order valence-electron chi connectivity index (χ4n) is 4.00. The van der Waals surface area contributed by atoms with Crippen molar-refractivity contribution < 1.29 is 9.18 Å². The van der Waals surface area contributed by atoms with E-state index in [1.54, 1.807) is 23.5 Å². The van der Waals surface area contributed by atoms with Crippen LogP contribution in [0.4, 0.5) is 10.1 Å². The lowest BCUT2D eigenvalue weighted by atomic mass is 10.2. The van der Waals surface area contributed by atoms with Gasteiger partial charge in [-0.05, 0) is 44.2 Å². The SMILES string of the molecule is Cc1ccc(-c2nc(C)c(-c3cc(C(=O)N4CCN(c5ccc(F)cc5)CC4)n[nH]3)s2)cc1. The summed E-state index contributed by atoms with van der Waals surface area (Å²) in [4.78, 5) is 22.7. The molecular weight excluding hydrogens is 437 g/mol. The molecule has 5 rings (SSSR count). The molecule has 0 radical (unpaired) electrons. The largest absolute Gasteiger partial charge is 0.368 e. The van der Waals surface area contributed by atoms with Crippen LogP contribution in [-0.2, 0) is 0 Å². The third-order valence-electron chi connectivity index (χ3n) is 5.90. The number of hydrogen-bond acceptors (Lipinski definition) is 5. The number of halogens is 1. The first-order valence-electron chi connectivity index (χ1n) is 10.9. The molecule has 0 bridgehead atoms. The summed E-state index contributed by atoms with van der Waals surface area (Å²) in [7, 11) is 0. The summed E-state index contributed by atoms with van der Waals surface area (Å²) >= 11 is 1.59. The second kappa shape index (κ2) is 8.78. The van der Waals surface area contributed by atoms with Gasteiger partial charge in [-0.15, -0.1) is 11.3 Å². The molecule has 3 heterocycles. The van der Waals surface area contributed by atoms with Crippen molar-refractivity contribution in [1.82, 2.24) is 20.1 Å². The highest BCUT2D eigenvalue weighted by atomic mass is 32.1. The van der Waals surface area contributed by atoms with Gasteiger partial charge in [0.2, 0.25) is 0 Å². The van der Waals surface area contributed by atoms with Crippen LogP contribution in [0, 0.1) is 19.7 Å². The average Bonchev–Trinajstić information content (AvgIpc) is 3.47. The van der Waals surface area contributed by atoms with Crippen molar-refractivity contribution in [2.45, 2.75) is 13.8 Å². The van der Waals surface area contributed by atoms with E-state index in [4.69, 9.17) is 4.98 Å². The Morgan fingerprint density at radius 2 is 1.70 bits per heavy atom. The summed E-state index contributed by atoms with van der Waals surface area (Å²) in [6.07, 6.45) is 0. The Kier molecular flexibility index (Phi) is 5.68. The lowest BCUT2D eigenvalue weighted by molar-refractivity contribution is 0.0741. The van der Waals surface area contributed by atoms with Gasteiger partial charge in [0.25, 0.3) is 5.91 Å². The van der Waals surface area contributed by atoms with Crippen molar-refractivity contribution in [3.63, 3.8) is 0 Å². The van der Waals surface area contributed by atoms with Crippen LogP contribution in [-0.4, -0.2) is 52.2 Å². The van der Waals surface area contributed by atoms with E-state index < -0.39 is 0 Å². The van der Waals surface area contributed by atoms with E-state index in [0.29, 0.717) is 31.9 Å². The molecule has 8 heteroatoms. The summed E-state index contributed by atoms with van der Waals surface area (Å²) < 4.78 is 13.2. The van der Waals surface area contributed by atoms with E-state index in [9.17, 15) is 9.18 Å². The van der Waals surface area contributed by atoms with Gasteiger partial charge < -0.3 is 9.80 Å². The number of carbonyl (C=O) groups excluding carboxylic acids is 1. The molecule has 1 amide bonds. The Morgan fingerprint density at radius 3 is 2.39 bits per heavy atom. The minimum Gasteiger partial charge on any atom is -0.368 e. The molecule has 0 saturated carbocycles. The second-order valence-corrected chi connectivity index (χ2v) is 9.22. The normalized spacial score (nSPS) is 14.0. The smallest absolute Gasteiger partial charge is 0.274 e. The molecule has 0 aliphatic carbocycles. The topological polar surface area (TPSA) is 65.1 Å². The molecule has 4 aromatic rings. The van der Waals surface area contributed by atoms with Crippen molar-refractivity contribution in [3.05, 3.63) is 77.4 Å². The van der Waals surface area contributed by atoms with E-state index in [-0.39, 0.29) is 11.7 Å². The van der Waals surface area contributed by atoms with Crippen molar-refractivity contribution in [2.24, 2.45) is 0 Å². The molecule has 0 spiro atoms. The number of H-pyrrole nitrogens is 1. The predicted molar refractivity (Wildman–Crippen MR) is 129 cm³/mol. The molecule has 1 aliphatic heterocycles. The zero-order valence-electron chi connectivity index (χ0n) is 18.5. The number of amides is 1. The molecule has 0 atom stereocenters. The number of anilines is 1. The molecule has 2 aromatic heterocycles. The standard InChI is InChI=1S/C25H24FN5OS/c1-16-3-5-18(6-4-16)24-27-17(2)23(33-24)21-15-22(29-28-21)25(32)31-13-11-30(12-14-31)20-9-7-19(26)8-10-20/h3-10,15H,11-14H2,1-2H3,(H,28,29). The van der Waals surface area contributed by atoms with Gasteiger partial charge in [0, 0.05) is 37.4 Å². The number of carbonyl (C=O) groups is 1. The fraction of sp³-hybridized carbons (Fsp3) is 0.240. The number of rotatable bonds is 4. The molecule has 1 aliphatic rings. The number of piperazine rings is 1. The number of hydrogen-bond donors (Lipinski definition) is 1. The van der Waals surface area contributed by atoms with Gasteiger partial charge in [-0.1, -0.05) is 29.8 Å². The number of nitrogens with zero attached hydrogens (tertiary/aromatic N) is 4. The van der Waals surface area contributed by atoms with Crippen LogP contribution in [0.5, 0.6) is 0 Å². The summed E-state index contributed by atoms with van der Waals surface area (Å²) in [5, 5.41) is 8.27. The third kappa shape index (κ3) is 4.39. The minimum atomic E-state index is -0.246. The Hall–Kier alpha value is -3.52. The van der Waals surface area contributed by atoms with E-state index in [2.05, 4.69) is 46.3 Å². The predicted octanol–water partition coefficient (Wildman–Crippen LogP) is 4.92. The van der Waals surface area contributed by atoms with Crippen molar-refractivity contribution in [3.8, 4) is 21.1 Å². The molecule has 1 N–H and O–H groups in total. The first-order chi connectivity index (χ1) is 16.0. The molecule has 0 unspecified atom stereocenters. The minimum absolute atomic E-state index is 0.0859. The molecule has 2 aromatic carbocycles. The Bertz CT molecular complexity index is 1270. The molecule has 168 valence electrons. The number of aromatic nitrogens is 3. The number of aromatic amines is 1. The van der Waals surface area contributed by atoms with Gasteiger partial charge in [0.05, 0.1) is 16.3 Å². The Labute approximate surface area is 195 Å². The van der Waals surface area contributed by atoms with E-state index >= 15 is 0 Å². The fourth-order valence-corrected chi connectivity index (χ4v) is 5.03. The highest BCUT2D eigenvalue weighted by Crippen LogP contribution is 2.34. The number of benzene rings is 2. The highest BCUT2D eigenvalue weighted by Gasteiger charge is 2.25. The van der Waals surface area contributed by atoms with Crippen molar-refractivity contribution in [2.75, 3.05) is 31.1 Å².